The molecule has 2 aromatic rings. The Bertz CT molecular complexity index is 484. The molecule has 0 spiro atoms. The van der Waals surface area contributed by atoms with E-state index in [2.05, 4.69) is 62.5 Å². The highest BCUT2D eigenvalue weighted by atomic mass is 32.1. The predicted octanol–water partition coefficient (Wildman–Crippen LogP) is 5.18. The fourth-order valence-electron chi connectivity index (χ4n) is 1.93. The molecule has 1 aromatic heterocycles. The zero-order valence-electron chi connectivity index (χ0n) is 11.4. The molecule has 1 nitrogen and oxygen atoms in total. The van der Waals surface area contributed by atoms with Gasteiger partial charge < -0.3 is 5.32 Å². The largest absolute Gasteiger partial charge is 0.380 e. The monoisotopic (exact) mass is 259 g/mol. The van der Waals surface area contributed by atoms with E-state index in [-0.39, 0.29) is 0 Å². The maximum atomic E-state index is 3.47. The van der Waals surface area contributed by atoms with Crippen LogP contribution in [-0.4, -0.2) is 0 Å². The van der Waals surface area contributed by atoms with Gasteiger partial charge in [-0.05, 0) is 49.1 Å². The Labute approximate surface area is 114 Å². The normalized spacial score (nSPS) is 12.4. The number of hydrogen-bond acceptors (Lipinski definition) is 2. The van der Waals surface area contributed by atoms with E-state index in [1.807, 2.05) is 11.3 Å². The first-order valence-corrected chi connectivity index (χ1v) is 7.40. The Morgan fingerprint density at radius 2 is 1.83 bits per heavy atom. The second kappa shape index (κ2) is 6.05. The van der Waals surface area contributed by atoms with Crippen LogP contribution in [0.1, 0.15) is 41.5 Å². The average molecular weight is 259 g/mol. The topological polar surface area (TPSA) is 12.0 Å². The first-order chi connectivity index (χ1) is 8.69. The average Bonchev–Trinajstić information content (AvgIpc) is 2.82. The zero-order chi connectivity index (χ0) is 13.0. The lowest BCUT2D eigenvalue weighted by atomic mass is 9.99. The molecule has 0 aliphatic carbocycles. The third-order valence-corrected chi connectivity index (χ3v) is 4.36. The van der Waals surface area contributed by atoms with Crippen molar-refractivity contribution >= 4 is 17.0 Å². The number of aryl methyl sites for hydroxylation is 1. The van der Waals surface area contributed by atoms with Crippen molar-refractivity contribution in [2.45, 2.75) is 39.7 Å². The van der Waals surface area contributed by atoms with Gasteiger partial charge in [-0.2, -0.15) is 0 Å². The number of benzene rings is 1. The summed E-state index contributed by atoms with van der Waals surface area (Å²) >= 11 is 1.86. The molecule has 1 N–H and O–H groups in total. The van der Waals surface area contributed by atoms with Gasteiger partial charge in [0.2, 0.25) is 0 Å². The highest BCUT2D eigenvalue weighted by Gasteiger charge is 2.02. The highest BCUT2D eigenvalue weighted by Crippen LogP contribution is 2.21. The Hall–Kier alpha value is -1.28. The van der Waals surface area contributed by atoms with E-state index in [0.29, 0.717) is 5.92 Å². The van der Waals surface area contributed by atoms with Gasteiger partial charge in [0.15, 0.2) is 0 Å². The zero-order valence-corrected chi connectivity index (χ0v) is 12.2. The molecule has 2 rings (SSSR count). The fourth-order valence-corrected chi connectivity index (χ4v) is 2.76. The molecule has 0 aliphatic heterocycles. The van der Waals surface area contributed by atoms with E-state index in [9.17, 15) is 0 Å². The molecule has 0 aliphatic rings. The van der Waals surface area contributed by atoms with Crippen molar-refractivity contribution in [3.8, 4) is 0 Å². The van der Waals surface area contributed by atoms with Crippen LogP contribution in [0.15, 0.2) is 36.4 Å². The van der Waals surface area contributed by atoms with Crippen molar-refractivity contribution < 1.29 is 0 Å². The van der Waals surface area contributed by atoms with E-state index >= 15 is 0 Å². The number of anilines is 1. The second-order valence-corrected chi connectivity index (χ2v) is 6.17. The lowest BCUT2D eigenvalue weighted by Crippen LogP contribution is -1.98. The molecule has 0 saturated carbocycles. The SMILES string of the molecule is CCC(C)c1ccc(NCc2ccc(C)s2)cc1. The summed E-state index contributed by atoms with van der Waals surface area (Å²) in [6.07, 6.45) is 1.20. The third kappa shape index (κ3) is 3.36. The molecule has 0 radical (unpaired) electrons. The van der Waals surface area contributed by atoms with Crippen LogP contribution in [0.4, 0.5) is 5.69 Å². The van der Waals surface area contributed by atoms with Gasteiger partial charge in [-0.15, -0.1) is 11.3 Å². The fraction of sp³-hybridized carbons (Fsp3) is 0.375. The van der Waals surface area contributed by atoms with Crippen LogP contribution in [0.5, 0.6) is 0 Å². The molecule has 1 atom stereocenters. The van der Waals surface area contributed by atoms with Crippen LogP contribution in [0.25, 0.3) is 0 Å². The molecule has 1 heterocycles. The van der Waals surface area contributed by atoms with Gasteiger partial charge in [-0.25, -0.2) is 0 Å². The van der Waals surface area contributed by atoms with E-state index in [4.69, 9.17) is 0 Å². The molecule has 96 valence electrons. The summed E-state index contributed by atoms with van der Waals surface area (Å²) in [5.41, 5.74) is 2.63. The van der Waals surface area contributed by atoms with Crippen molar-refractivity contribution in [2.24, 2.45) is 0 Å². The molecule has 0 fully saturated rings. The molecule has 1 aromatic carbocycles. The summed E-state index contributed by atoms with van der Waals surface area (Å²) in [7, 11) is 0. The third-order valence-electron chi connectivity index (χ3n) is 3.35. The molecular weight excluding hydrogens is 238 g/mol. The summed E-state index contributed by atoms with van der Waals surface area (Å²) in [5.74, 6) is 0.652. The van der Waals surface area contributed by atoms with Gasteiger partial charge in [0.1, 0.15) is 0 Å². The van der Waals surface area contributed by atoms with Crippen molar-refractivity contribution in [1.82, 2.24) is 0 Å². The minimum absolute atomic E-state index is 0.652. The molecule has 0 bridgehead atoms. The van der Waals surface area contributed by atoms with E-state index in [1.54, 1.807) is 0 Å². The van der Waals surface area contributed by atoms with Gasteiger partial charge in [0.05, 0.1) is 0 Å². The molecular formula is C16H21NS. The Balaban J connectivity index is 1.94. The van der Waals surface area contributed by atoms with Crippen molar-refractivity contribution in [2.75, 3.05) is 5.32 Å². The molecule has 0 saturated heterocycles. The van der Waals surface area contributed by atoms with Crippen LogP contribution in [-0.2, 0) is 6.54 Å². The minimum atomic E-state index is 0.652. The molecule has 0 amide bonds. The maximum Gasteiger partial charge on any atom is 0.0494 e. The molecule has 2 heteroatoms. The molecule has 1 unspecified atom stereocenters. The van der Waals surface area contributed by atoms with E-state index < -0.39 is 0 Å². The van der Waals surface area contributed by atoms with Gasteiger partial charge >= 0.3 is 0 Å². The lowest BCUT2D eigenvalue weighted by Gasteiger charge is -2.10. The Morgan fingerprint density at radius 3 is 2.39 bits per heavy atom. The maximum absolute atomic E-state index is 3.47. The summed E-state index contributed by atoms with van der Waals surface area (Å²) in [6, 6.07) is 13.2. The number of rotatable bonds is 5. The first kappa shape index (κ1) is 13.2. The van der Waals surface area contributed by atoms with E-state index in [1.165, 1.54) is 27.4 Å². The van der Waals surface area contributed by atoms with Crippen LogP contribution in [0, 0.1) is 6.92 Å². The number of nitrogens with one attached hydrogen (secondary N) is 1. The summed E-state index contributed by atoms with van der Waals surface area (Å²) < 4.78 is 0. The van der Waals surface area contributed by atoms with Crippen molar-refractivity contribution in [3.05, 3.63) is 51.7 Å². The summed E-state index contributed by atoms with van der Waals surface area (Å²) in [5, 5.41) is 3.47. The quantitative estimate of drug-likeness (QED) is 0.780. The van der Waals surface area contributed by atoms with Gasteiger partial charge in [0.25, 0.3) is 0 Å². The van der Waals surface area contributed by atoms with Crippen LogP contribution < -0.4 is 5.32 Å². The van der Waals surface area contributed by atoms with Gasteiger partial charge in [0, 0.05) is 22.0 Å². The molecule has 18 heavy (non-hydrogen) atoms. The first-order valence-electron chi connectivity index (χ1n) is 6.58. The van der Waals surface area contributed by atoms with Crippen molar-refractivity contribution in [3.63, 3.8) is 0 Å². The van der Waals surface area contributed by atoms with Crippen LogP contribution >= 0.6 is 11.3 Å². The Kier molecular flexibility index (Phi) is 4.43. The summed E-state index contributed by atoms with van der Waals surface area (Å²) in [4.78, 5) is 2.76. The number of thiophene rings is 1. The van der Waals surface area contributed by atoms with E-state index in [0.717, 1.165) is 6.54 Å². The predicted molar refractivity (Wildman–Crippen MR) is 81.5 cm³/mol. The lowest BCUT2D eigenvalue weighted by molar-refractivity contribution is 0.734. The smallest absolute Gasteiger partial charge is 0.0494 e. The van der Waals surface area contributed by atoms with Gasteiger partial charge in [-0.1, -0.05) is 26.0 Å². The van der Waals surface area contributed by atoms with Gasteiger partial charge in [-0.3, -0.25) is 0 Å². The second-order valence-electron chi connectivity index (χ2n) is 4.80. The summed E-state index contributed by atoms with van der Waals surface area (Å²) in [6.45, 7) is 7.57. The standard InChI is InChI=1S/C16H21NS/c1-4-12(2)14-6-8-15(9-7-14)17-11-16-10-5-13(3)18-16/h5-10,12,17H,4,11H2,1-3H3. The Morgan fingerprint density at radius 1 is 1.11 bits per heavy atom. The number of hydrogen-bond donors (Lipinski definition) is 1. The van der Waals surface area contributed by atoms with Crippen LogP contribution in [0.2, 0.25) is 0 Å². The van der Waals surface area contributed by atoms with Crippen LogP contribution in [0.3, 0.4) is 0 Å². The minimum Gasteiger partial charge on any atom is -0.380 e. The highest BCUT2D eigenvalue weighted by molar-refractivity contribution is 7.11. The van der Waals surface area contributed by atoms with Crippen molar-refractivity contribution in [1.29, 1.82) is 0 Å².